The van der Waals surface area contributed by atoms with Crippen LogP contribution < -0.4 is 11.1 Å². The summed E-state index contributed by atoms with van der Waals surface area (Å²) in [6, 6.07) is 0. The third-order valence-electron chi connectivity index (χ3n) is 2.18. The van der Waals surface area contributed by atoms with Crippen LogP contribution in [-0.4, -0.2) is 18.2 Å². The molecule has 0 aliphatic rings. The summed E-state index contributed by atoms with van der Waals surface area (Å²) in [5, 5.41) is 3.24. The minimum atomic E-state index is -0.279. The minimum absolute atomic E-state index is 0.0378. The van der Waals surface area contributed by atoms with Gasteiger partial charge in [0.2, 0.25) is 5.91 Å². The Balaban J connectivity index is 3.12. The van der Waals surface area contributed by atoms with Gasteiger partial charge in [0.1, 0.15) is 5.00 Å². The zero-order valence-corrected chi connectivity index (χ0v) is 9.83. The van der Waals surface area contributed by atoms with Gasteiger partial charge >= 0.3 is 0 Å². The molecule has 4 nitrogen and oxygen atoms in total. The van der Waals surface area contributed by atoms with Crippen molar-refractivity contribution in [2.75, 3.05) is 11.9 Å². The molecule has 1 heterocycles. The number of nitrogens with one attached hydrogen (secondary N) is 1. The Morgan fingerprint density at radius 2 is 2.00 bits per heavy atom. The van der Waals surface area contributed by atoms with Crippen molar-refractivity contribution in [1.82, 2.24) is 0 Å². The molecule has 0 atom stereocenters. The molecule has 1 amide bonds. The quantitative estimate of drug-likeness (QED) is 0.766. The highest BCUT2D eigenvalue weighted by Crippen LogP contribution is 2.32. The number of anilines is 1. The number of amides is 1. The van der Waals surface area contributed by atoms with Crippen LogP contribution in [0.5, 0.6) is 0 Å². The van der Waals surface area contributed by atoms with Crippen molar-refractivity contribution in [3.8, 4) is 0 Å². The molecule has 0 spiro atoms. The number of Topliss-reactive ketones (excluding diaryl/α,β-unsaturated/α-hetero) is 1. The lowest BCUT2D eigenvalue weighted by molar-refractivity contribution is -0.114. The molecule has 5 heteroatoms. The molecule has 1 aromatic rings. The van der Waals surface area contributed by atoms with Crippen LogP contribution in [0, 0.1) is 13.8 Å². The third kappa shape index (κ3) is 2.43. The van der Waals surface area contributed by atoms with Crippen LogP contribution in [0.2, 0.25) is 0 Å². The van der Waals surface area contributed by atoms with Gasteiger partial charge < -0.3 is 11.1 Å². The lowest BCUT2D eigenvalue weighted by Gasteiger charge is -2.02. The smallest absolute Gasteiger partial charge is 0.238 e. The number of nitrogens with two attached hydrogens (primary N) is 1. The van der Waals surface area contributed by atoms with E-state index in [2.05, 4.69) is 5.32 Å². The maximum Gasteiger partial charge on any atom is 0.238 e. The van der Waals surface area contributed by atoms with Gasteiger partial charge in [-0.3, -0.25) is 9.59 Å². The predicted molar refractivity (Wildman–Crippen MR) is 61.5 cm³/mol. The van der Waals surface area contributed by atoms with Crippen molar-refractivity contribution in [3.05, 3.63) is 16.0 Å². The summed E-state index contributed by atoms with van der Waals surface area (Å²) in [4.78, 5) is 23.6. The van der Waals surface area contributed by atoms with Gasteiger partial charge in [0.05, 0.1) is 12.1 Å². The summed E-state index contributed by atoms with van der Waals surface area (Å²) in [7, 11) is 0. The Hall–Kier alpha value is -1.20. The first-order valence-corrected chi connectivity index (χ1v) is 5.39. The molecular weight excluding hydrogens is 212 g/mol. The number of hydrogen-bond acceptors (Lipinski definition) is 4. The predicted octanol–water partition coefficient (Wildman–Crippen LogP) is 1.46. The lowest BCUT2D eigenvalue weighted by Crippen LogP contribution is -2.22. The fourth-order valence-corrected chi connectivity index (χ4v) is 2.44. The van der Waals surface area contributed by atoms with E-state index in [-0.39, 0.29) is 18.2 Å². The molecule has 3 N–H and O–H groups in total. The second-order valence-corrected chi connectivity index (χ2v) is 4.52. The number of ketones is 1. The van der Waals surface area contributed by atoms with Crippen molar-refractivity contribution in [1.29, 1.82) is 0 Å². The molecule has 0 saturated carbocycles. The normalized spacial score (nSPS) is 10.1. The number of thiophene rings is 1. The highest BCUT2D eigenvalue weighted by Gasteiger charge is 2.17. The van der Waals surface area contributed by atoms with Gasteiger partial charge in [-0.05, 0) is 26.3 Å². The summed E-state index contributed by atoms with van der Waals surface area (Å²) < 4.78 is 0. The summed E-state index contributed by atoms with van der Waals surface area (Å²) in [5.41, 5.74) is 6.73. The highest BCUT2D eigenvalue weighted by molar-refractivity contribution is 7.16. The van der Waals surface area contributed by atoms with E-state index in [1.807, 2.05) is 13.8 Å². The SMILES string of the molecule is CC(=O)c1c(NC(=O)CN)sc(C)c1C. The maximum absolute atomic E-state index is 11.4. The van der Waals surface area contributed by atoms with Gasteiger partial charge in [0, 0.05) is 4.88 Å². The average Bonchev–Trinajstić information content (AvgIpc) is 2.42. The number of rotatable bonds is 3. The van der Waals surface area contributed by atoms with Crippen molar-refractivity contribution in [3.63, 3.8) is 0 Å². The maximum atomic E-state index is 11.4. The van der Waals surface area contributed by atoms with E-state index in [9.17, 15) is 9.59 Å². The van der Waals surface area contributed by atoms with Crippen molar-refractivity contribution < 1.29 is 9.59 Å². The van der Waals surface area contributed by atoms with Gasteiger partial charge in [-0.15, -0.1) is 11.3 Å². The Morgan fingerprint density at radius 1 is 1.40 bits per heavy atom. The number of carbonyl (C=O) groups is 2. The van der Waals surface area contributed by atoms with E-state index in [1.165, 1.54) is 18.3 Å². The van der Waals surface area contributed by atoms with Crippen LogP contribution in [0.4, 0.5) is 5.00 Å². The minimum Gasteiger partial charge on any atom is -0.322 e. The van der Waals surface area contributed by atoms with Crippen LogP contribution in [0.3, 0.4) is 0 Å². The Bertz CT molecular complexity index is 410. The number of hydrogen-bond donors (Lipinski definition) is 2. The second-order valence-electron chi connectivity index (χ2n) is 3.30. The molecular formula is C10H14N2O2S. The van der Waals surface area contributed by atoms with Gasteiger partial charge in [0.25, 0.3) is 0 Å². The van der Waals surface area contributed by atoms with E-state index in [1.54, 1.807) is 0 Å². The molecule has 0 aliphatic heterocycles. The molecule has 15 heavy (non-hydrogen) atoms. The van der Waals surface area contributed by atoms with Crippen LogP contribution in [0.25, 0.3) is 0 Å². The summed E-state index contributed by atoms with van der Waals surface area (Å²) in [5.74, 6) is -0.317. The fourth-order valence-electron chi connectivity index (χ4n) is 1.32. The molecule has 1 aromatic heterocycles. The third-order valence-corrected chi connectivity index (χ3v) is 3.30. The fraction of sp³-hybridized carbons (Fsp3) is 0.400. The van der Waals surface area contributed by atoms with Gasteiger partial charge in [0.15, 0.2) is 5.78 Å². The molecule has 0 radical (unpaired) electrons. The Kier molecular flexibility index (Phi) is 3.60. The van der Waals surface area contributed by atoms with Crippen molar-refractivity contribution in [2.24, 2.45) is 5.73 Å². The topological polar surface area (TPSA) is 72.2 Å². The molecule has 0 aliphatic carbocycles. The first-order valence-electron chi connectivity index (χ1n) is 4.58. The van der Waals surface area contributed by atoms with E-state index in [4.69, 9.17) is 5.73 Å². The standard InChI is InChI=1S/C10H14N2O2S/c1-5-7(3)15-10(9(5)6(2)13)12-8(14)4-11/h4,11H2,1-3H3,(H,12,14). The summed E-state index contributed by atoms with van der Waals surface area (Å²) in [6.45, 7) is 5.21. The first-order chi connectivity index (χ1) is 6.97. The molecule has 82 valence electrons. The molecule has 0 aromatic carbocycles. The summed E-state index contributed by atoms with van der Waals surface area (Å²) >= 11 is 1.40. The summed E-state index contributed by atoms with van der Waals surface area (Å²) in [6.07, 6.45) is 0. The van der Waals surface area contributed by atoms with Crippen LogP contribution in [-0.2, 0) is 4.79 Å². The number of carbonyl (C=O) groups excluding carboxylic acids is 2. The van der Waals surface area contributed by atoms with E-state index >= 15 is 0 Å². The highest BCUT2D eigenvalue weighted by atomic mass is 32.1. The van der Waals surface area contributed by atoms with E-state index in [0.29, 0.717) is 10.6 Å². The zero-order valence-electron chi connectivity index (χ0n) is 9.01. The number of aryl methyl sites for hydroxylation is 1. The van der Waals surface area contributed by atoms with Crippen molar-refractivity contribution in [2.45, 2.75) is 20.8 Å². The van der Waals surface area contributed by atoms with Gasteiger partial charge in [-0.1, -0.05) is 0 Å². The average molecular weight is 226 g/mol. The van der Waals surface area contributed by atoms with Crippen LogP contribution >= 0.6 is 11.3 Å². The molecule has 0 bridgehead atoms. The van der Waals surface area contributed by atoms with Gasteiger partial charge in [-0.25, -0.2) is 0 Å². The molecule has 0 fully saturated rings. The zero-order chi connectivity index (χ0) is 11.6. The lowest BCUT2D eigenvalue weighted by atomic mass is 10.1. The van der Waals surface area contributed by atoms with E-state index in [0.717, 1.165) is 10.4 Å². The van der Waals surface area contributed by atoms with Crippen molar-refractivity contribution >= 4 is 28.0 Å². The van der Waals surface area contributed by atoms with E-state index < -0.39 is 0 Å². The second kappa shape index (κ2) is 4.55. The Morgan fingerprint density at radius 3 is 2.47 bits per heavy atom. The molecule has 0 saturated heterocycles. The van der Waals surface area contributed by atoms with Crippen LogP contribution in [0.15, 0.2) is 0 Å². The van der Waals surface area contributed by atoms with Crippen LogP contribution in [0.1, 0.15) is 27.7 Å². The first kappa shape index (κ1) is 11.9. The Labute approximate surface area is 92.5 Å². The largest absolute Gasteiger partial charge is 0.322 e. The van der Waals surface area contributed by atoms with Gasteiger partial charge in [-0.2, -0.15) is 0 Å². The monoisotopic (exact) mass is 226 g/mol. The molecule has 0 unspecified atom stereocenters. The molecule has 1 rings (SSSR count).